The molecule has 0 aliphatic carbocycles. The summed E-state index contributed by atoms with van der Waals surface area (Å²) >= 11 is 0. The van der Waals surface area contributed by atoms with E-state index >= 15 is 0 Å². The molecule has 5 nitrogen and oxygen atoms in total. The van der Waals surface area contributed by atoms with Crippen molar-refractivity contribution in [2.45, 2.75) is 19.5 Å². The van der Waals surface area contributed by atoms with E-state index in [0.29, 0.717) is 22.8 Å². The van der Waals surface area contributed by atoms with Crippen LogP contribution in [0.5, 0.6) is 0 Å². The highest BCUT2D eigenvalue weighted by Gasteiger charge is 2.31. The van der Waals surface area contributed by atoms with Crippen molar-refractivity contribution in [3.8, 4) is 0 Å². The molecule has 4 aromatic rings. The molecule has 0 spiro atoms. The van der Waals surface area contributed by atoms with Crippen LogP contribution in [0.2, 0.25) is 0 Å². The molecule has 2 N–H and O–H groups in total. The van der Waals surface area contributed by atoms with Crippen LogP contribution in [-0.4, -0.2) is 20.2 Å². The first-order chi connectivity index (χ1) is 13.8. The zero-order chi connectivity index (χ0) is 20.6. The summed E-state index contributed by atoms with van der Waals surface area (Å²) in [6.45, 7) is 1.83. The second-order valence-electron chi connectivity index (χ2n) is 6.58. The number of halogens is 4. The molecule has 29 heavy (non-hydrogen) atoms. The Morgan fingerprint density at radius 1 is 1.00 bits per heavy atom. The first-order valence-corrected chi connectivity index (χ1v) is 8.69. The van der Waals surface area contributed by atoms with Gasteiger partial charge in [-0.05, 0) is 42.8 Å². The van der Waals surface area contributed by atoms with Crippen molar-refractivity contribution in [1.29, 1.82) is 0 Å². The fourth-order valence-corrected chi connectivity index (χ4v) is 2.92. The Bertz CT molecular complexity index is 1170. The van der Waals surface area contributed by atoms with Crippen LogP contribution in [0, 0.1) is 12.7 Å². The van der Waals surface area contributed by atoms with Gasteiger partial charge in [0.05, 0.1) is 11.1 Å². The van der Waals surface area contributed by atoms with Crippen molar-refractivity contribution in [3.63, 3.8) is 0 Å². The molecule has 0 unspecified atom stereocenters. The van der Waals surface area contributed by atoms with Crippen LogP contribution >= 0.6 is 0 Å². The van der Waals surface area contributed by atoms with Gasteiger partial charge in [0.2, 0.25) is 0 Å². The number of nitrogens with one attached hydrogen (secondary N) is 2. The lowest BCUT2D eigenvalue weighted by molar-refractivity contribution is -0.137. The maximum atomic E-state index is 13.1. The average Bonchev–Trinajstić information content (AvgIpc) is 3.07. The molecule has 4 rings (SSSR count). The quantitative estimate of drug-likeness (QED) is 0.464. The molecule has 0 amide bonds. The molecular formula is C20H15F4N5. The minimum absolute atomic E-state index is 0.154. The summed E-state index contributed by atoms with van der Waals surface area (Å²) in [5.41, 5.74) is 0.913. The molecule has 148 valence electrons. The van der Waals surface area contributed by atoms with Crippen LogP contribution in [0.25, 0.3) is 10.9 Å². The van der Waals surface area contributed by atoms with E-state index in [1.807, 2.05) is 6.92 Å². The Balaban J connectivity index is 1.80. The third kappa shape index (κ3) is 4.18. The van der Waals surface area contributed by atoms with Gasteiger partial charge >= 0.3 is 6.18 Å². The SMILES string of the molecule is Cc1cc(Nc2nc(Cc3ccc(F)cc3)nc3cc(C(F)(F)F)ccc23)n[nH]1. The van der Waals surface area contributed by atoms with Gasteiger partial charge in [-0.2, -0.15) is 18.3 Å². The van der Waals surface area contributed by atoms with Gasteiger partial charge in [0.1, 0.15) is 17.5 Å². The summed E-state index contributed by atoms with van der Waals surface area (Å²) in [6, 6.07) is 10.9. The number of hydrogen-bond acceptors (Lipinski definition) is 4. The van der Waals surface area contributed by atoms with E-state index in [0.717, 1.165) is 23.4 Å². The summed E-state index contributed by atoms with van der Waals surface area (Å²) in [5.74, 6) is 0.750. The monoisotopic (exact) mass is 401 g/mol. The Labute approximate surface area is 162 Å². The second kappa shape index (κ2) is 7.16. The van der Waals surface area contributed by atoms with Gasteiger partial charge in [-0.3, -0.25) is 5.10 Å². The van der Waals surface area contributed by atoms with Crippen molar-refractivity contribution in [2.75, 3.05) is 5.32 Å². The van der Waals surface area contributed by atoms with E-state index in [1.54, 1.807) is 18.2 Å². The highest BCUT2D eigenvalue weighted by atomic mass is 19.4. The van der Waals surface area contributed by atoms with E-state index in [2.05, 4.69) is 25.5 Å². The first-order valence-electron chi connectivity index (χ1n) is 8.69. The lowest BCUT2D eigenvalue weighted by atomic mass is 10.1. The molecule has 0 saturated carbocycles. The number of alkyl halides is 3. The van der Waals surface area contributed by atoms with Crippen molar-refractivity contribution in [3.05, 3.63) is 77.0 Å². The third-order valence-electron chi connectivity index (χ3n) is 4.30. The van der Waals surface area contributed by atoms with Crippen LogP contribution in [0.4, 0.5) is 29.2 Å². The van der Waals surface area contributed by atoms with Crippen molar-refractivity contribution >= 4 is 22.5 Å². The van der Waals surface area contributed by atoms with Gasteiger partial charge in [-0.1, -0.05) is 12.1 Å². The first kappa shape index (κ1) is 18.9. The predicted octanol–water partition coefficient (Wildman–Crippen LogP) is 5.15. The molecule has 0 saturated heterocycles. The summed E-state index contributed by atoms with van der Waals surface area (Å²) < 4.78 is 52.6. The van der Waals surface area contributed by atoms with Crippen molar-refractivity contribution in [2.24, 2.45) is 0 Å². The van der Waals surface area contributed by atoms with Gasteiger partial charge in [0, 0.05) is 23.6 Å². The number of aromatic amines is 1. The molecule has 2 heterocycles. The van der Waals surface area contributed by atoms with Crippen LogP contribution in [0.15, 0.2) is 48.5 Å². The van der Waals surface area contributed by atoms with Crippen molar-refractivity contribution in [1.82, 2.24) is 20.2 Å². The maximum absolute atomic E-state index is 13.1. The average molecular weight is 401 g/mol. The van der Waals surface area contributed by atoms with Crippen LogP contribution in [0.1, 0.15) is 22.6 Å². The van der Waals surface area contributed by atoms with Gasteiger partial charge in [0.15, 0.2) is 5.82 Å². The number of anilines is 2. The fourth-order valence-electron chi connectivity index (χ4n) is 2.92. The predicted molar refractivity (Wildman–Crippen MR) is 100 cm³/mol. The number of rotatable bonds is 4. The Kier molecular flexibility index (Phi) is 4.65. The van der Waals surface area contributed by atoms with Crippen molar-refractivity contribution < 1.29 is 17.6 Å². The van der Waals surface area contributed by atoms with Gasteiger partial charge in [-0.25, -0.2) is 14.4 Å². The molecule has 0 radical (unpaired) electrons. The zero-order valence-corrected chi connectivity index (χ0v) is 15.2. The van der Waals surface area contributed by atoms with E-state index in [1.165, 1.54) is 18.2 Å². The number of H-pyrrole nitrogens is 1. The molecule has 2 aromatic heterocycles. The maximum Gasteiger partial charge on any atom is 0.416 e. The lowest BCUT2D eigenvalue weighted by Crippen LogP contribution is -2.07. The minimum Gasteiger partial charge on any atom is -0.323 e. The summed E-state index contributed by atoms with van der Waals surface area (Å²) in [7, 11) is 0. The van der Waals surface area contributed by atoms with Crippen LogP contribution in [-0.2, 0) is 12.6 Å². The normalized spacial score (nSPS) is 11.8. The van der Waals surface area contributed by atoms with Crippen LogP contribution in [0.3, 0.4) is 0 Å². The number of benzene rings is 2. The number of aromatic nitrogens is 4. The number of fused-ring (bicyclic) bond motifs is 1. The summed E-state index contributed by atoms with van der Waals surface area (Å²) in [5, 5.41) is 10.3. The third-order valence-corrected chi connectivity index (χ3v) is 4.30. The molecule has 0 atom stereocenters. The molecule has 0 bridgehead atoms. The number of hydrogen-bond donors (Lipinski definition) is 2. The smallest absolute Gasteiger partial charge is 0.323 e. The zero-order valence-electron chi connectivity index (χ0n) is 15.2. The van der Waals surface area contributed by atoms with Gasteiger partial charge in [0.25, 0.3) is 0 Å². The molecule has 0 aliphatic heterocycles. The topological polar surface area (TPSA) is 66.5 Å². The highest BCUT2D eigenvalue weighted by molar-refractivity contribution is 5.91. The van der Waals surface area contributed by atoms with E-state index in [-0.39, 0.29) is 17.8 Å². The van der Waals surface area contributed by atoms with E-state index in [4.69, 9.17) is 0 Å². The Hall–Kier alpha value is -3.49. The standard InChI is InChI=1S/C20H15F4N5/c1-11-8-18(29-28-11)27-19-15-7-4-13(20(22,23)24)10-16(15)25-17(26-19)9-12-2-5-14(21)6-3-12/h2-8,10H,9H2,1H3,(H2,25,26,27,28,29). The fraction of sp³-hybridized carbons (Fsp3) is 0.150. The number of nitrogens with zero attached hydrogens (tertiary/aromatic N) is 3. The van der Waals surface area contributed by atoms with Crippen LogP contribution < -0.4 is 5.32 Å². The van der Waals surface area contributed by atoms with E-state index < -0.39 is 11.7 Å². The second-order valence-corrected chi connectivity index (χ2v) is 6.58. The van der Waals surface area contributed by atoms with E-state index in [9.17, 15) is 17.6 Å². The molecule has 2 aromatic carbocycles. The Morgan fingerprint density at radius 2 is 1.76 bits per heavy atom. The Morgan fingerprint density at radius 3 is 2.41 bits per heavy atom. The summed E-state index contributed by atoms with van der Waals surface area (Å²) in [6.07, 6.45) is -4.25. The van der Waals surface area contributed by atoms with Gasteiger partial charge < -0.3 is 5.32 Å². The highest BCUT2D eigenvalue weighted by Crippen LogP contribution is 2.33. The molecule has 0 aliphatic rings. The largest absolute Gasteiger partial charge is 0.416 e. The summed E-state index contributed by atoms with van der Waals surface area (Å²) in [4.78, 5) is 8.77. The minimum atomic E-state index is -4.48. The number of aryl methyl sites for hydroxylation is 1. The molecule has 0 fully saturated rings. The van der Waals surface area contributed by atoms with Gasteiger partial charge in [-0.15, -0.1) is 0 Å². The molecule has 9 heteroatoms. The lowest BCUT2D eigenvalue weighted by Gasteiger charge is -2.12. The molecular weight excluding hydrogens is 386 g/mol.